The van der Waals surface area contributed by atoms with Gasteiger partial charge in [0.05, 0.1) is 0 Å². The molecule has 4 heteroatoms. The maximum Gasteiger partial charge on any atom is 0.248 e. The summed E-state index contributed by atoms with van der Waals surface area (Å²) >= 11 is 0. The molecule has 0 spiro atoms. The van der Waals surface area contributed by atoms with Crippen molar-refractivity contribution in [2.24, 2.45) is 34.6 Å². The molecule has 5 rings (SSSR count). The number of amides is 1. The molecule has 0 aromatic heterocycles. The van der Waals surface area contributed by atoms with Crippen LogP contribution in [-0.2, 0) is 11.3 Å². The highest BCUT2D eigenvalue weighted by Crippen LogP contribution is 2.54. The number of benzene rings is 1. The summed E-state index contributed by atoms with van der Waals surface area (Å²) in [5.74, 6) is 2.55. The number of hydrogen-bond donors (Lipinski definition) is 1. The maximum atomic E-state index is 13.4. The first kappa shape index (κ1) is 19.6. The van der Waals surface area contributed by atoms with Crippen molar-refractivity contribution in [2.75, 3.05) is 13.1 Å². The highest BCUT2D eigenvalue weighted by molar-refractivity contribution is 5.91. The van der Waals surface area contributed by atoms with Gasteiger partial charge in [-0.1, -0.05) is 58.0 Å². The van der Waals surface area contributed by atoms with Crippen molar-refractivity contribution in [3.63, 3.8) is 0 Å². The van der Waals surface area contributed by atoms with Gasteiger partial charge in [-0.2, -0.15) is 0 Å². The highest BCUT2D eigenvalue weighted by Gasteiger charge is 2.63. The number of rotatable bonds is 7. The molecule has 4 bridgehead atoms. The molecule has 0 radical (unpaired) electrons. The fraction of sp³-hybridized carbons (Fsp3) is 0.667. The molecule has 1 aromatic carbocycles. The second-order valence-electron chi connectivity index (χ2n) is 9.99. The molecular weight excluding hydrogens is 346 g/mol. The molecule has 1 saturated carbocycles. The molecule has 3 aliphatic heterocycles. The van der Waals surface area contributed by atoms with Gasteiger partial charge in [0.1, 0.15) is 5.54 Å². The Balaban J connectivity index is 1.63. The minimum atomic E-state index is -0.561. The first-order valence-electron chi connectivity index (χ1n) is 11.0. The molecule has 1 N–H and O–H groups in total. The van der Waals surface area contributed by atoms with Crippen LogP contribution in [0.25, 0.3) is 0 Å². The number of carbonyl (C=O) groups is 1. The lowest BCUT2D eigenvalue weighted by Gasteiger charge is -2.51. The minimum Gasteiger partial charge on any atom is -0.354 e. The Morgan fingerprint density at radius 1 is 1.21 bits per heavy atom. The molecule has 1 saturated heterocycles. The molecule has 1 aliphatic carbocycles. The van der Waals surface area contributed by atoms with E-state index in [0.29, 0.717) is 35.6 Å². The normalized spacial score (nSPS) is 33.8. The minimum absolute atomic E-state index is 0.165. The summed E-state index contributed by atoms with van der Waals surface area (Å²) in [6.07, 6.45) is 4.12. The molecule has 28 heavy (non-hydrogen) atoms. The van der Waals surface area contributed by atoms with Crippen molar-refractivity contribution in [3.05, 3.63) is 35.9 Å². The third-order valence-corrected chi connectivity index (χ3v) is 6.92. The van der Waals surface area contributed by atoms with Gasteiger partial charge in [-0.25, -0.2) is 0 Å². The fourth-order valence-corrected chi connectivity index (χ4v) is 5.80. The summed E-state index contributed by atoms with van der Waals surface area (Å²) in [5, 5.41) is 3.23. The van der Waals surface area contributed by atoms with Crippen LogP contribution >= 0.6 is 0 Å². The van der Waals surface area contributed by atoms with E-state index < -0.39 is 5.54 Å². The molecule has 2 fully saturated rings. The van der Waals surface area contributed by atoms with Crippen molar-refractivity contribution < 1.29 is 4.79 Å². The Morgan fingerprint density at radius 2 is 1.96 bits per heavy atom. The topological polar surface area (TPSA) is 44.7 Å². The van der Waals surface area contributed by atoms with Crippen molar-refractivity contribution in [3.8, 4) is 0 Å². The van der Waals surface area contributed by atoms with E-state index in [1.807, 2.05) is 0 Å². The quantitative estimate of drug-likeness (QED) is 0.781. The Labute approximate surface area is 169 Å². The third kappa shape index (κ3) is 3.41. The molecule has 5 atom stereocenters. The van der Waals surface area contributed by atoms with Crippen LogP contribution in [0.4, 0.5) is 0 Å². The average Bonchev–Trinajstić information content (AvgIpc) is 2.96. The van der Waals surface area contributed by atoms with E-state index >= 15 is 0 Å². The summed E-state index contributed by atoms with van der Waals surface area (Å²) in [5.41, 5.74) is 0.804. The van der Waals surface area contributed by atoms with Crippen LogP contribution < -0.4 is 5.32 Å². The van der Waals surface area contributed by atoms with Crippen LogP contribution in [-0.4, -0.2) is 41.7 Å². The Morgan fingerprint density at radius 3 is 2.64 bits per heavy atom. The predicted octanol–water partition coefficient (Wildman–Crippen LogP) is 3.76. The average molecular weight is 382 g/mol. The van der Waals surface area contributed by atoms with Gasteiger partial charge in [0.15, 0.2) is 0 Å². The number of likely N-dealkylation sites (tertiary alicyclic amines) is 1. The van der Waals surface area contributed by atoms with Gasteiger partial charge in [0, 0.05) is 43.7 Å². The fourth-order valence-electron chi connectivity index (χ4n) is 5.80. The van der Waals surface area contributed by atoms with Crippen molar-refractivity contribution in [1.29, 1.82) is 0 Å². The first-order chi connectivity index (χ1) is 13.4. The van der Waals surface area contributed by atoms with Gasteiger partial charge in [-0.3, -0.25) is 14.7 Å². The highest BCUT2D eigenvalue weighted by atomic mass is 16.2. The summed E-state index contributed by atoms with van der Waals surface area (Å²) in [6.45, 7) is 11.6. The zero-order valence-corrected chi connectivity index (χ0v) is 17.8. The van der Waals surface area contributed by atoms with E-state index in [2.05, 4.69) is 74.5 Å². The second kappa shape index (κ2) is 7.62. The number of hydrogen-bond acceptors (Lipinski definition) is 3. The third-order valence-electron chi connectivity index (χ3n) is 6.92. The van der Waals surface area contributed by atoms with Gasteiger partial charge in [0.2, 0.25) is 5.91 Å². The van der Waals surface area contributed by atoms with Gasteiger partial charge in [-0.15, -0.1) is 0 Å². The maximum absolute atomic E-state index is 13.4. The standard InChI is InChI=1S/C24H35N3O/c1-16(2)10-21-22-20-13-26-24(21,23(28)25-12-17(3)4)11-19(20)15-27(22)14-18-8-6-5-7-9-18/h5-9,13,16-17,19-22H,10-12,14-15H2,1-4H3,(H,25,28). The lowest BCUT2D eigenvalue weighted by atomic mass is 9.59. The van der Waals surface area contributed by atoms with E-state index in [-0.39, 0.29) is 5.91 Å². The molecule has 3 heterocycles. The van der Waals surface area contributed by atoms with Crippen LogP contribution in [0.15, 0.2) is 35.3 Å². The monoisotopic (exact) mass is 381 g/mol. The number of aliphatic imine (C=N–C) groups is 1. The summed E-state index contributed by atoms with van der Waals surface area (Å²) in [6, 6.07) is 11.2. The van der Waals surface area contributed by atoms with Gasteiger partial charge in [-0.05, 0) is 36.2 Å². The Bertz CT molecular complexity index is 729. The predicted molar refractivity (Wildman–Crippen MR) is 114 cm³/mol. The van der Waals surface area contributed by atoms with Crippen molar-refractivity contribution in [2.45, 2.75) is 58.7 Å². The zero-order chi connectivity index (χ0) is 19.9. The van der Waals surface area contributed by atoms with Gasteiger partial charge < -0.3 is 5.32 Å². The Hall–Kier alpha value is -1.68. The van der Waals surface area contributed by atoms with E-state index in [4.69, 9.17) is 4.99 Å². The van der Waals surface area contributed by atoms with Crippen LogP contribution in [0.5, 0.6) is 0 Å². The van der Waals surface area contributed by atoms with Crippen LogP contribution in [0.3, 0.4) is 0 Å². The lowest BCUT2D eigenvalue weighted by molar-refractivity contribution is -0.132. The number of nitrogens with zero attached hydrogens (tertiary/aromatic N) is 2. The molecular formula is C24H35N3O. The smallest absolute Gasteiger partial charge is 0.248 e. The molecule has 1 aromatic rings. The zero-order valence-electron chi connectivity index (χ0n) is 17.8. The largest absolute Gasteiger partial charge is 0.354 e. The summed E-state index contributed by atoms with van der Waals surface area (Å²) in [4.78, 5) is 21.0. The summed E-state index contributed by atoms with van der Waals surface area (Å²) in [7, 11) is 0. The first-order valence-corrected chi connectivity index (χ1v) is 11.0. The van der Waals surface area contributed by atoms with Gasteiger partial charge in [0.25, 0.3) is 0 Å². The van der Waals surface area contributed by atoms with E-state index in [0.717, 1.165) is 32.5 Å². The van der Waals surface area contributed by atoms with Crippen LogP contribution in [0.1, 0.15) is 46.1 Å². The van der Waals surface area contributed by atoms with Gasteiger partial charge >= 0.3 is 0 Å². The molecule has 152 valence electrons. The Kier molecular flexibility index (Phi) is 5.34. The molecule has 5 unspecified atom stereocenters. The van der Waals surface area contributed by atoms with Crippen molar-refractivity contribution >= 4 is 12.1 Å². The second-order valence-corrected chi connectivity index (χ2v) is 9.99. The van der Waals surface area contributed by atoms with E-state index in [1.165, 1.54) is 5.56 Å². The van der Waals surface area contributed by atoms with Crippen molar-refractivity contribution in [1.82, 2.24) is 10.2 Å². The number of nitrogens with one attached hydrogen (secondary N) is 1. The molecule has 4 aliphatic rings. The van der Waals surface area contributed by atoms with Crippen LogP contribution in [0.2, 0.25) is 0 Å². The molecule has 1 amide bonds. The molecule has 4 nitrogen and oxygen atoms in total. The van der Waals surface area contributed by atoms with E-state index in [1.54, 1.807) is 0 Å². The van der Waals surface area contributed by atoms with Crippen LogP contribution in [0, 0.1) is 29.6 Å². The van der Waals surface area contributed by atoms with E-state index in [9.17, 15) is 4.79 Å². The number of carbonyl (C=O) groups excluding carboxylic acids is 1. The lowest BCUT2D eigenvalue weighted by Crippen LogP contribution is -2.63. The SMILES string of the molecule is CC(C)CNC(=O)C12CC3CN(Cc4ccccc4)C(C3C=N1)C2CC(C)C. The summed E-state index contributed by atoms with van der Waals surface area (Å²) < 4.78 is 0.